The van der Waals surface area contributed by atoms with Gasteiger partial charge in [-0.3, -0.25) is 5.32 Å². The van der Waals surface area contributed by atoms with E-state index in [0.29, 0.717) is 39.0 Å². The Kier molecular flexibility index (Phi) is 6.35. The first-order valence-electron chi connectivity index (χ1n) is 10.8. The quantitative estimate of drug-likeness (QED) is 0.250. The second-order valence-electron chi connectivity index (χ2n) is 7.28. The Morgan fingerprint density at radius 1 is 1.09 bits per heavy atom. The zero-order valence-corrected chi connectivity index (χ0v) is 19.7. The third kappa shape index (κ3) is 4.82. The molecule has 0 fully saturated rings. The summed E-state index contributed by atoms with van der Waals surface area (Å²) in [5, 5.41) is 15.5. The maximum absolute atomic E-state index is 12.7. The van der Waals surface area contributed by atoms with Gasteiger partial charge in [-0.25, -0.2) is 14.8 Å². The molecule has 12 heteroatoms. The van der Waals surface area contributed by atoms with Gasteiger partial charge in [-0.05, 0) is 48.5 Å². The lowest BCUT2D eigenvalue weighted by atomic mass is 10.2. The van der Waals surface area contributed by atoms with Crippen LogP contribution in [0.25, 0.3) is 16.8 Å². The number of aromatic nitrogens is 7. The maximum Gasteiger partial charge on any atom is 0.341 e. The van der Waals surface area contributed by atoms with Gasteiger partial charge >= 0.3 is 12.0 Å². The van der Waals surface area contributed by atoms with Gasteiger partial charge in [0.25, 0.3) is 0 Å². The molecule has 35 heavy (non-hydrogen) atoms. The first kappa shape index (κ1) is 22.5. The molecule has 5 rings (SSSR count). The van der Waals surface area contributed by atoms with Crippen molar-refractivity contribution in [3.63, 3.8) is 0 Å². The zero-order valence-electron chi connectivity index (χ0n) is 18.9. The molecule has 11 nitrogen and oxygen atoms in total. The number of nitrogens with one attached hydrogen (secondary N) is 1. The molecule has 0 atom stereocenters. The number of oxazole rings is 1. The molecule has 0 bridgehead atoms. The molecule has 5 aromatic rings. The Bertz CT molecular complexity index is 1450. The number of hydrogen-bond acceptors (Lipinski definition) is 11. The minimum absolute atomic E-state index is 0.236. The molecule has 0 unspecified atom stereocenters. The third-order valence-electron chi connectivity index (χ3n) is 4.94. The minimum atomic E-state index is -0.489. The number of anilines is 2. The average Bonchev–Trinajstić information content (AvgIpc) is 3.49. The number of fused-ring (bicyclic) bond motifs is 1. The predicted octanol–water partition coefficient (Wildman–Crippen LogP) is 4.11. The van der Waals surface area contributed by atoms with Crippen molar-refractivity contribution in [3.8, 4) is 5.69 Å². The second kappa shape index (κ2) is 9.89. The Balaban J connectivity index is 1.45. The van der Waals surface area contributed by atoms with Gasteiger partial charge in [0, 0.05) is 5.75 Å². The molecule has 3 heterocycles. The molecule has 0 saturated carbocycles. The van der Waals surface area contributed by atoms with E-state index in [9.17, 15) is 4.79 Å². The van der Waals surface area contributed by atoms with Crippen LogP contribution < -0.4 is 5.32 Å². The van der Waals surface area contributed by atoms with Crippen molar-refractivity contribution in [1.82, 2.24) is 35.2 Å². The van der Waals surface area contributed by atoms with E-state index in [1.807, 2.05) is 54.6 Å². The summed E-state index contributed by atoms with van der Waals surface area (Å²) in [5.74, 6) is 0.0597. The average molecular weight is 489 g/mol. The SMILES string of the molecule is CCOC(=O)c1c(C)nc(Nc2nc3ccccc3o2)nc1CSc1nnnn1-c1ccccc1. The van der Waals surface area contributed by atoms with E-state index in [0.717, 1.165) is 5.69 Å². The molecule has 0 aliphatic heterocycles. The number of benzene rings is 2. The summed E-state index contributed by atoms with van der Waals surface area (Å²) in [5.41, 5.74) is 3.42. The van der Waals surface area contributed by atoms with Crippen LogP contribution in [-0.2, 0) is 10.5 Å². The number of hydrogen-bond donors (Lipinski definition) is 1. The zero-order chi connectivity index (χ0) is 24.2. The van der Waals surface area contributed by atoms with E-state index in [1.54, 1.807) is 18.5 Å². The fraction of sp³-hybridized carbons (Fsp3) is 0.174. The van der Waals surface area contributed by atoms with Gasteiger partial charge in [0.15, 0.2) is 5.58 Å². The summed E-state index contributed by atoms with van der Waals surface area (Å²) in [6.07, 6.45) is 0. The fourth-order valence-corrected chi connectivity index (χ4v) is 4.25. The highest BCUT2D eigenvalue weighted by atomic mass is 32.2. The topological polar surface area (TPSA) is 134 Å². The molecular formula is C23H20N8O3S. The van der Waals surface area contributed by atoms with Gasteiger partial charge < -0.3 is 9.15 Å². The van der Waals surface area contributed by atoms with Gasteiger partial charge in [0.05, 0.1) is 23.7 Å². The molecule has 2 aromatic carbocycles. The molecular weight excluding hydrogens is 468 g/mol. The normalized spacial score (nSPS) is 11.0. The van der Waals surface area contributed by atoms with Crippen LogP contribution in [0.1, 0.15) is 28.7 Å². The van der Waals surface area contributed by atoms with E-state index in [-0.39, 0.29) is 18.6 Å². The van der Waals surface area contributed by atoms with E-state index in [4.69, 9.17) is 9.15 Å². The number of carbonyl (C=O) groups excluding carboxylic acids is 1. The molecule has 0 amide bonds. The van der Waals surface area contributed by atoms with E-state index < -0.39 is 5.97 Å². The Morgan fingerprint density at radius 3 is 2.69 bits per heavy atom. The standard InChI is InChI=1S/C23H20N8O3S/c1-3-33-20(32)19-14(2)24-21(27-22-26-16-11-7-8-12-18(16)34-22)25-17(19)13-35-23-28-29-30-31(23)15-9-5-4-6-10-15/h4-12H,3,13H2,1-2H3,(H,24,25,26,27). The first-order valence-corrected chi connectivity index (χ1v) is 11.7. The summed E-state index contributed by atoms with van der Waals surface area (Å²) >= 11 is 1.34. The maximum atomic E-state index is 12.7. The summed E-state index contributed by atoms with van der Waals surface area (Å²) in [6.45, 7) is 3.72. The van der Waals surface area contributed by atoms with Gasteiger partial charge in [-0.1, -0.05) is 42.1 Å². The fourth-order valence-electron chi connectivity index (χ4n) is 3.42. The van der Waals surface area contributed by atoms with Crippen molar-refractivity contribution in [2.24, 2.45) is 0 Å². The first-order chi connectivity index (χ1) is 17.1. The third-order valence-corrected chi connectivity index (χ3v) is 5.87. The van der Waals surface area contributed by atoms with E-state index in [1.165, 1.54) is 11.8 Å². The van der Waals surface area contributed by atoms with E-state index >= 15 is 0 Å². The number of rotatable bonds is 8. The number of aryl methyl sites for hydroxylation is 1. The lowest BCUT2D eigenvalue weighted by Gasteiger charge is -2.12. The summed E-state index contributed by atoms with van der Waals surface area (Å²) in [4.78, 5) is 26.1. The molecule has 0 aliphatic carbocycles. The largest absolute Gasteiger partial charge is 0.462 e. The van der Waals surface area contributed by atoms with E-state index in [2.05, 4.69) is 35.8 Å². The number of ether oxygens (including phenoxy) is 1. The highest BCUT2D eigenvalue weighted by molar-refractivity contribution is 7.98. The number of esters is 1. The van der Waals surface area contributed by atoms with Crippen LogP contribution in [0.4, 0.5) is 12.0 Å². The lowest BCUT2D eigenvalue weighted by molar-refractivity contribution is 0.0523. The molecule has 0 spiro atoms. The summed E-state index contributed by atoms with van der Waals surface area (Å²) in [7, 11) is 0. The monoisotopic (exact) mass is 488 g/mol. The van der Waals surface area contributed by atoms with Gasteiger partial charge in [0.1, 0.15) is 11.1 Å². The smallest absolute Gasteiger partial charge is 0.341 e. The molecule has 3 aromatic heterocycles. The Labute approximate surface area is 203 Å². The highest BCUT2D eigenvalue weighted by Crippen LogP contribution is 2.27. The molecule has 0 saturated heterocycles. The van der Waals surface area contributed by atoms with Crippen molar-refractivity contribution in [2.45, 2.75) is 24.8 Å². The van der Waals surface area contributed by atoms with Crippen molar-refractivity contribution < 1.29 is 13.9 Å². The Morgan fingerprint density at radius 2 is 1.89 bits per heavy atom. The van der Waals surface area contributed by atoms with Crippen molar-refractivity contribution in [2.75, 3.05) is 11.9 Å². The van der Waals surface area contributed by atoms with Crippen molar-refractivity contribution in [1.29, 1.82) is 0 Å². The molecule has 0 aliphatic rings. The predicted molar refractivity (Wildman–Crippen MR) is 129 cm³/mol. The number of thioether (sulfide) groups is 1. The van der Waals surface area contributed by atoms with Gasteiger partial charge in [-0.2, -0.15) is 9.67 Å². The second-order valence-corrected chi connectivity index (χ2v) is 8.23. The van der Waals surface area contributed by atoms with Crippen LogP contribution in [-0.4, -0.2) is 47.7 Å². The van der Waals surface area contributed by atoms with Crippen molar-refractivity contribution >= 4 is 40.8 Å². The Hall–Kier alpha value is -4.32. The number of para-hydroxylation sites is 3. The van der Waals surface area contributed by atoms with Crippen LogP contribution in [0.5, 0.6) is 0 Å². The van der Waals surface area contributed by atoms with Crippen LogP contribution in [0.3, 0.4) is 0 Å². The van der Waals surface area contributed by atoms with Crippen LogP contribution in [0.15, 0.2) is 64.2 Å². The van der Waals surface area contributed by atoms with Crippen LogP contribution in [0, 0.1) is 6.92 Å². The number of carbonyl (C=O) groups is 1. The van der Waals surface area contributed by atoms with Crippen LogP contribution in [0.2, 0.25) is 0 Å². The molecule has 1 N–H and O–H groups in total. The molecule has 176 valence electrons. The lowest BCUT2D eigenvalue weighted by Crippen LogP contribution is -2.15. The number of nitrogens with zero attached hydrogens (tertiary/aromatic N) is 7. The minimum Gasteiger partial charge on any atom is -0.462 e. The van der Waals surface area contributed by atoms with Crippen molar-refractivity contribution in [3.05, 3.63) is 71.5 Å². The molecule has 0 radical (unpaired) electrons. The highest BCUT2D eigenvalue weighted by Gasteiger charge is 2.22. The summed E-state index contributed by atoms with van der Waals surface area (Å²) < 4.78 is 12.6. The van der Waals surface area contributed by atoms with Gasteiger partial charge in [0.2, 0.25) is 11.1 Å². The van der Waals surface area contributed by atoms with Crippen LogP contribution >= 0.6 is 11.8 Å². The van der Waals surface area contributed by atoms with Gasteiger partial charge in [-0.15, -0.1) is 5.10 Å². The summed E-state index contributed by atoms with van der Waals surface area (Å²) in [6, 6.07) is 17.2. The number of tetrazole rings is 1.